The van der Waals surface area contributed by atoms with Crippen LogP contribution in [0.5, 0.6) is 0 Å². The van der Waals surface area contributed by atoms with E-state index in [0.717, 1.165) is 17.8 Å². The van der Waals surface area contributed by atoms with Gasteiger partial charge in [-0.15, -0.1) is 0 Å². The molecule has 2 N–H and O–H groups in total. The van der Waals surface area contributed by atoms with Crippen LogP contribution >= 0.6 is 11.6 Å². The number of carbonyl (C=O) groups excluding carboxylic acids is 1. The molecule has 3 atom stereocenters. The van der Waals surface area contributed by atoms with Crippen LogP contribution in [-0.4, -0.2) is 18.5 Å². The third-order valence-electron chi connectivity index (χ3n) is 4.47. The Morgan fingerprint density at radius 1 is 1.42 bits per heavy atom. The van der Waals surface area contributed by atoms with Gasteiger partial charge in [0.2, 0.25) is 5.91 Å². The molecule has 3 unspecified atom stereocenters. The summed E-state index contributed by atoms with van der Waals surface area (Å²) in [5.41, 5.74) is 1.86. The summed E-state index contributed by atoms with van der Waals surface area (Å²) < 4.78 is 0. The number of halogens is 1. The molecule has 3 rings (SSSR count). The molecule has 0 spiro atoms. The number of hydrogen-bond acceptors (Lipinski definition) is 2. The van der Waals surface area contributed by atoms with Crippen molar-refractivity contribution in [3.05, 3.63) is 28.8 Å². The molecule has 1 aromatic rings. The van der Waals surface area contributed by atoms with Crippen molar-refractivity contribution in [1.29, 1.82) is 0 Å². The van der Waals surface area contributed by atoms with Crippen LogP contribution in [0.3, 0.4) is 0 Å². The second kappa shape index (κ2) is 5.14. The molecule has 102 valence electrons. The Kier molecular flexibility index (Phi) is 3.50. The Labute approximate surface area is 118 Å². The summed E-state index contributed by atoms with van der Waals surface area (Å²) in [6.07, 6.45) is 3.71. The predicted octanol–water partition coefficient (Wildman–Crippen LogP) is 2.98. The van der Waals surface area contributed by atoms with Crippen LogP contribution in [-0.2, 0) is 4.79 Å². The Balaban J connectivity index is 1.71. The Morgan fingerprint density at radius 3 is 3.05 bits per heavy atom. The van der Waals surface area contributed by atoms with Crippen molar-refractivity contribution in [3.8, 4) is 0 Å². The van der Waals surface area contributed by atoms with Crippen molar-refractivity contribution in [1.82, 2.24) is 5.32 Å². The van der Waals surface area contributed by atoms with E-state index in [2.05, 4.69) is 10.6 Å². The lowest BCUT2D eigenvalue weighted by Crippen LogP contribution is -2.39. The van der Waals surface area contributed by atoms with Gasteiger partial charge in [-0.05, 0) is 61.9 Å². The fourth-order valence-corrected chi connectivity index (χ4v) is 3.68. The minimum atomic E-state index is -0.0254. The molecular formula is C15H19ClN2O. The monoisotopic (exact) mass is 278 g/mol. The van der Waals surface area contributed by atoms with Crippen molar-refractivity contribution in [3.63, 3.8) is 0 Å². The number of carbonyl (C=O) groups is 1. The zero-order chi connectivity index (χ0) is 13.4. The number of hydrogen-bond donors (Lipinski definition) is 2. The summed E-state index contributed by atoms with van der Waals surface area (Å²) >= 11 is 5.93. The highest BCUT2D eigenvalue weighted by Gasteiger charge is 2.42. The number of aryl methyl sites for hydroxylation is 1. The average molecular weight is 279 g/mol. The third kappa shape index (κ3) is 2.49. The summed E-state index contributed by atoms with van der Waals surface area (Å²) in [6, 6.07) is 5.53. The van der Waals surface area contributed by atoms with Crippen molar-refractivity contribution < 1.29 is 4.79 Å². The quantitative estimate of drug-likeness (QED) is 0.873. The van der Waals surface area contributed by atoms with Crippen molar-refractivity contribution in [2.75, 3.05) is 11.9 Å². The molecule has 1 aliphatic heterocycles. The zero-order valence-electron chi connectivity index (χ0n) is 11.1. The molecule has 19 heavy (non-hydrogen) atoms. The molecule has 1 aromatic carbocycles. The van der Waals surface area contributed by atoms with E-state index in [4.69, 9.17) is 11.6 Å². The third-order valence-corrected chi connectivity index (χ3v) is 4.71. The molecule has 0 bridgehead atoms. The Hall–Kier alpha value is -1.06. The maximum atomic E-state index is 12.4. The number of rotatable bonds is 2. The molecule has 4 heteroatoms. The van der Waals surface area contributed by atoms with E-state index in [1.54, 1.807) is 0 Å². The molecule has 2 fully saturated rings. The van der Waals surface area contributed by atoms with E-state index in [-0.39, 0.29) is 11.9 Å². The van der Waals surface area contributed by atoms with Gasteiger partial charge in [0.1, 0.15) is 0 Å². The lowest BCUT2D eigenvalue weighted by atomic mass is 9.93. The Bertz CT molecular complexity index is 503. The number of amides is 1. The molecule has 2 aliphatic rings. The van der Waals surface area contributed by atoms with Gasteiger partial charge in [0.25, 0.3) is 0 Å². The van der Waals surface area contributed by atoms with Crippen LogP contribution in [0.1, 0.15) is 24.8 Å². The molecule has 3 nitrogen and oxygen atoms in total. The summed E-state index contributed by atoms with van der Waals surface area (Å²) in [4.78, 5) is 12.4. The fraction of sp³-hybridized carbons (Fsp3) is 0.533. The largest absolute Gasteiger partial charge is 0.324 e. The maximum Gasteiger partial charge on any atom is 0.241 e. The molecule has 0 aromatic heterocycles. The highest BCUT2D eigenvalue weighted by atomic mass is 35.5. The van der Waals surface area contributed by atoms with Crippen LogP contribution < -0.4 is 10.6 Å². The highest BCUT2D eigenvalue weighted by molar-refractivity contribution is 6.30. The number of anilines is 1. The summed E-state index contributed by atoms with van der Waals surface area (Å²) in [5.74, 6) is 1.31. The molecule has 1 heterocycles. The lowest BCUT2D eigenvalue weighted by Gasteiger charge is -2.18. The number of benzene rings is 1. The van der Waals surface area contributed by atoms with Crippen LogP contribution in [0.25, 0.3) is 0 Å². The first-order valence-corrected chi connectivity index (χ1v) is 7.33. The second-order valence-electron chi connectivity index (χ2n) is 5.69. The Morgan fingerprint density at radius 2 is 2.26 bits per heavy atom. The molecule has 0 radical (unpaired) electrons. The summed E-state index contributed by atoms with van der Waals surface area (Å²) in [7, 11) is 0. The minimum Gasteiger partial charge on any atom is -0.324 e. The van der Waals surface area contributed by atoms with Gasteiger partial charge < -0.3 is 10.6 Å². The van der Waals surface area contributed by atoms with E-state index < -0.39 is 0 Å². The molecule has 1 amide bonds. The average Bonchev–Trinajstić information content (AvgIpc) is 2.94. The van der Waals surface area contributed by atoms with Crippen LogP contribution in [0.2, 0.25) is 5.02 Å². The van der Waals surface area contributed by atoms with E-state index in [1.807, 2.05) is 25.1 Å². The van der Waals surface area contributed by atoms with Crippen molar-refractivity contribution in [2.45, 2.75) is 32.2 Å². The van der Waals surface area contributed by atoms with Gasteiger partial charge in [0.05, 0.1) is 6.04 Å². The topological polar surface area (TPSA) is 41.1 Å². The van der Waals surface area contributed by atoms with Crippen molar-refractivity contribution in [2.24, 2.45) is 11.8 Å². The fourth-order valence-electron chi connectivity index (χ4n) is 3.45. The summed E-state index contributed by atoms with van der Waals surface area (Å²) in [5, 5.41) is 7.10. The number of fused-ring (bicyclic) bond motifs is 1. The van der Waals surface area contributed by atoms with Gasteiger partial charge >= 0.3 is 0 Å². The van der Waals surface area contributed by atoms with Gasteiger partial charge in [0.15, 0.2) is 0 Å². The van der Waals surface area contributed by atoms with E-state index >= 15 is 0 Å². The first-order valence-electron chi connectivity index (χ1n) is 6.95. The zero-order valence-corrected chi connectivity index (χ0v) is 11.8. The molecule has 1 saturated carbocycles. The van der Waals surface area contributed by atoms with E-state index in [1.165, 1.54) is 19.3 Å². The number of nitrogens with one attached hydrogen (secondary N) is 2. The first kappa shape index (κ1) is 12.9. The first-order chi connectivity index (χ1) is 9.15. The van der Waals surface area contributed by atoms with Gasteiger partial charge in [-0.2, -0.15) is 0 Å². The highest BCUT2D eigenvalue weighted by Crippen LogP contribution is 2.38. The minimum absolute atomic E-state index is 0.0254. The molecule has 1 saturated heterocycles. The van der Waals surface area contributed by atoms with E-state index in [9.17, 15) is 4.79 Å². The summed E-state index contributed by atoms with van der Waals surface area (Å²) in [6.45, 7) is 2.95. The van der Waals surface area contributed by atoms with Gasteiger partial charge in [-0.1, -0.05) is 18.0 Å². The van der Waals surface area contributed by atoms with Crippen molar-refractivity contribution >= 4 is 23.2 Å². The maximum absolute atomic E-state index is 12.4. The predicted molar refractivity (Wildman–Crippen MR) is 77.4 cm³/mol. The van der Waals surface area contributed by atoms with Crippen LogP contribution in [0.15, 0.2) is 18.2 Å². The standard InChI is InChI=1S/C15H19ClN2O/c1-9-7-11(16)5-6-13(9)18-15(19)14-12-4-2-3-10(12)8-17-14/h5-7,10,12,14,17H,2-4,8H2,1H3,(H,18,19). The molecular weight excluding hydrogens is 260 g/mol. The SMILES string of the molecule is Cc1cc(Cl)ccc1NC(=O)C1NCC2CCCC21. The van der Waals surface area contributed by atoms with Gasteiger partial charge in [-0.25, -0.2) is 0 Å². The smallest absolute Gasteiger partial charge is 0.241 e. The second-order valence-corrected chi connectivity index (χ2v) is 6.13. The van der Waals surface area contributed by atoms with Gasteiger partial charge in [0, 0.05) is 10.7 Å². The lowest BCUT2D eigenvalue weighted by molar-refractivity contribution is -0.118. The van der Waals surface area contributed by atoms with Crippen LogP contribution in [0, 0.1) is 18.8 Å². The van der Waals surface area contributed by atoms with E-state index in [0.29, 0.717) is 16.9 Å². The normalized spacial score (nSPS) is 29.3. The van der Waals surface area contributed by atoms with Gasteiger partial charge in [-0.3, -0.25) is 4.79 Å². The molecule has 1 aliphatic carbocycles. The van der Waals surface area contributed by atoms with Crippen LogP contribution in [0.4, 0.5) is 5.69 Å².